The van der Waals surface area contributed by atoms with E-state index in [0.717, 1.165) is 12.0 Å². The Labute approximate surface area is 177 Å². The minimum atomic E-state index is -3.84. The summed E-state index contributed by atoms with van der Waals surface area (Å²) in [5, 5.41) is 3.67. The molecule has 0 spiro atoms. The highest BCUT2D eigenvalue weighted by atomic mass is 32.3. The van der Waals surface area contributed by atoms with Gasteiger partial charge in [0.05, 0.1) is 32.4 Å². The topological polar surface area (TPSA) is 89.5 Å². The summed E-state index contributed by atoms with van der Waals surface area (Å²) in [5.41, 5.74) is 0.822. The molecule has 0 aliphatic carbocycles. The summed E-state index contributed by atoms with van der Waals surface area (Å²) in [6, 6.07) is 6.60. The summed E-state index contributed by atoms with van der Waals surface area (Å²) >= 11 is 0.539. The van der Waals surface area contributed by atoms with E-state index in [9.17, 15) is 8.42 Å². The molecule has 0 N–H and O–H groups in total. The summed E-state index contributed by atoms with van der Waals surface area (Å²) in [7, 11) is -2.60. The Morgan fingerprint density at radius 1 is 1.07 bits per heavy atom. The Hall–Kier alpha value is -0.880. The van der Waals surface area contributed by atoms with Crippen LogP contribution in [0.15, 0.2) is 24.3 Å². The van der Waals surface area contributed by atoms with Gasteiger partial charge in [-0.05, 0) is 18.6 Å². The first-order chi connectivity index (χ1) is 14.0. The number of ether oxygens (including phenoxy) is 2. The maximum Gasteiger partial charge on any atom is 0.321 e. The molecule has 1 heterocycles. The van der Waals surface area contributed by atoms with Crippen molar-refractivity contribution < 1.29 is 36.3 Å². The average Bonchev–Trinajstić information content (AvgIpc) is 2.72. The predicted octanol–water partition coefficient (Wildman–Crippen LogP) is 4.53. The second-order valence-electron chi connectivity index (χ2n) is 6.82. The number of benzene rings is 1. The van der Waals surface area contributed by atoms with E-state index in [-0.39, 0.29) is 5.75 Å². The van der Waals surface area contributed by atoms with Gasteiger partial charge in [0, 0.05) is 11.5 Å². The Morgan fingerprint density at radius 2 is 1.76 bits per heavy atom. The minimum Gasteiger partial charge on any atom is -0.382 e. The van der Waals surface area contributed by atoms with Crippen LogP contribution in [0.4, 0.5) is 0 Å². The number of unbranched alkanes of at least 4 members (excludes halogenated alkanes) is 4. The highest BCUT2D eigenvalue weighted by molar-refractivity contribution is 8.08. The van der Waals surface area contributed by atoms with Crippen molar-refractivity contribution in [2.24, 2.45) is 5.92 Å². The fraction of sp³-hybridized carbons (Fsp3) is 0.684. The molecule has 0 bridgehead atoms. The van der Waals surface area contributed by atoms with Gasteiger partial charge in [-0.15, -0.1) is 4.33 Å². The maximum atomic E-state index is 11.9. The van der Waals surface area contributed by atoms with Crippen LogP contribution in [0.1, 0.15) is 57.3 Å². The molecule has 1 fully saturated rings. The molecule has 8 nitrogen and oxygen atoms in total. The molecule has 10 heteroatoms. The molecule has 166 valence electrons. The Kier molecular flexibility index (Phi) is 11.3. The van der Waals surface area contributed by atoms with Gasteiger partial charge in [0.25, 0.3) is 0 Å². The molecule has 0 saturated carbocycles. The van der Waals surface area contributed by atoms with Gasteiger partial charge < -0.3 is 13.7 Å². The Balaban J connectivity index is 1.72. The van der Waals surface area contributed by atoms with E-state index in [0.29, 0.717) is 31.2 Å². The van der Waals surface area contributed by atoms with Crippen molar-refractivity contribution in [3.63, 3.8) is 0 Å². The van der Waals surface area contributed by atoms with E-state index in [1.165, 1.54) is 39.2 Å². The zero-order chi connectivity index (χ0) is 21.0. The molecule has 1 aliphatic rings. The molecule has 1 aliphatic heterocycles. The van der Waals surface area contributed by atoms with Crippen molar-refractivity contribution in [2.45, 2.75) is 51.7 Å². The lowest BCUT2D eigenvalue weighted by Gasteiger charge is -2.29. The van der Waals surface area contributed by atoms with E-state index in [4.69, 9.17) is 13.7 Å². The van der Waals surface area contributed by atoms with Gasteiger partial charge in [-0.25, -0.2) is 4.89 Å². The van der Waals surface area contributed by atoms with E-state index < -0.39 is 21.5 Å². The lowest BCUT2D eigenvalue weighted by Crippen LogP contribution is -2.27. The maximum absolute atomic E-state index is 11.9. The van der Waals surface area contributed by atoms with E-state index >= 15 is 0 Å². The standard InChI is InChI=1S/C19H30O8S2/c1-3-4-5-6-7-8-16-13-23-19(24-14-16)17-9-11-18(12-10-17)25-29(20,21)15-28-27-26-22-2/h9-12,16,19H,3-8,13-15H2,1-2H3. The van der Waals surface area contributed by atoms with Crippen LogP contribution in [0.5, 0.6) is 5.75 Å². The molecule has 1 saturated heterocycles. The zero-order valence-corrected chi connectivity index (χ0v) is 18.5. The van der Waals surface area contributed by atoms with E-state index in [2.05, 4.69) is 21.2 Å². The van der Waals surface area contributed by atoms with Crippen LogP contribution >= 0.6 is 12.0 Å². The summed E-state index contributed by atoms with van der Waals surface area (Å²) in [6.07, 6.45) is 7.01. The van der Waals surface area contributed by atoms with Crippen molar-refractivity contribution in [3.05, 3.63) is 29.8 Å². The number of rotatable bonds is 14. The normalized spacial score (nSPS) is 19.9. The second kappa shape index (κ2) is 13.4. The van der Waals surface area contributed by atoms with Crippen LogP contribution in [0.25, 0.3) is 0 Å². The SMILES string of the molecule is CCCCCCCC1COC(c2ccc(OS(=O)(=O)CSOOOC)cc2)OC1. The highest BCUT2D eigenvalue weighted by Crippen LogP contribution is 2.29. The van der Waals surface area contributed by atoms with Gasteiger partial charge in [-0.2, -0.15) is 8.42 Å². The quantitative estimate of drug-likeness (QED) is 0.133. The molecular weight excluding hydrogens is 420 g/mol. The number of hydrogen-bond donors (Lipinski definition) is 0. The zero-order valence-electron chi connectivity index (χ0n) is 16.9. The second-order valence-corrected chi connectivity index (χ2v) is 9.41. The van der Waals surface area contributed by atoms with Crippen molar-refractivity contribution in [1.82, 2.24) is 0 Å². The van der Waals surface area contributed by atoms with Gasteiger partial charge in [0.2, 0.25) is 0 Å². The van der Waals surface area contributed by atoms with Crippen LogP contribution in [-0.4, -0.2) is 33.8 Å². The third-order valence-electron chi connectivity index (χ3n) is 4.39. The monoisotopic (exact) mass is 450 g/mol. The molecule has 2 rings (SSSR count). The summed E-state index contributed by atoms with van der Waals surface area (Å²) in [4.78, 5) is 4.18. The van der Waals surface area contributed by atoms with Gasteiger partial charge in [-0.1, -0.05) is 56.2 Å². The predicted molar refractivity (Wildman–Crippen MR) is 109 cm³/mol. The number of hydrogen-bond acceptors (Lipinski definition) is 9. The molecule has 0 atom stereocenters. The van der Waals surface area contributed by atoms with Gasteiger partial charge in [-0.3, -0.25) is 0 Å². The summed E-state index contributed by atoms with van der Waals surface area (Å²) in [5.74, 6) is 0.630. The summed E-state index contributed by atoms with van der Waals surface area (Å²) in [6.45, 7) is 3.56. The third kappa shape index (κ3) is 9.65. The first kappa shape index (κ1) is 24.4. The van der Waals surface area contributed by atoms with Crippen molar-refractivity contribution >= 4 is 22.2 Å². The van der Waals surface area contributed by atoms with Crippen LogP contribution in [-0.2, 0) is 33.9 Å². The molecule has 0 radical (unpaired) electrons. The van der Waals surface area contributed by atoms with E-state index in [1.807, 2.05) is 0 Å². The molecule has 0 unspecified atom stereocenters. The van der Waals surface area contributed by atoms with Crippen LogP contribution < -0.4 is 4.18 Å². The molecular formula is C19H30O8S2. The largest absolute Gasteiger partial charge is 0.382 e. The van der Waals surface area contributed by atoms with Crippen molar-refractivity contribution in [3.8, 4) is 5.75 Å². The smallest absolute Gasteiger partial charge is 0.321 e. The van der Waals surface area contributed by atoms with Gasteiger partial charge in [0.15, 0.2) is 11.4 Å². The summed E-state index contributed by atoms with van der Waals surface area (Å²) < 4.78 is 44.8. The van der Waals surface area contributed by atoms with E-state index in [1.54, 1.807) is 24.3 Å². The first-order valence-electron chi connectivity index (χ1n) is 9.78. The van der Waals surface area contributed by atoms with Crippen LogP contribution in [0.3, 0.4) is 0 Å². The van der Waals surface area contributed by atoms with Crippen molar-refractivity contribution in [2.75, 3.05) is 25.4 Å². The van der Waals surface area contributed by atoms with Crippen molar-refractivity contribution in [1.29, 1.82) is 0 Å². The highest BCUT2D eigenvalue weighted by Gasteiger charge is 2.23. The Bertz CT molecular complexity index is 657. The minimum absolute atomic E-state index is 0.197. The average molecular weight is 451 g/mol. The molecule has 29 heavy (non-hydrogen) atoms. The fourth-order valence-corrected chi connectivity index (χ4v) is 4.24. The fourth-order valence-electron chi connectivity index (χ4n) is 2.92. The van der Waals surface area contributed by atoms with Crippen LogP contribution in [0, 0.1) is 5.92 Å². The van der Waals surface area contributed by atoms with Gasteiger partial charge >= 0.3 is 10.1 Å². The third-order valence-corrected chi connectivity index (χ3v) is 6.53. The first-order valence-corrected chi connectivity index (χ1v) is 12.3. The molecule has 0 amide bonds. The molecule has 0 aromatic heterocycles. The Morgan fingerprint density at radius 3 is 2.41 bits per heavy atom. The molecule has 1 aromatic carbocycles. The van der Waals surface area contributed by atoms with Crippen LogP contribution in [0.2, 0.25) is 0 Å². The lowest BCUT2D eigenvalue weighted by molar-refractivity contribution is -0.447. The lowest BCUT2D eigenvalue weighted by atomic mass is 10.0. The van der Waals surface area contributed by atoms with Gasteiger partial charge in [0.1, 0.15) is 5.75 Å². The molecule has 1 aromatic rings.